The van der Waals surface area contributed by atoms with E-state index in [4.69, 9.17) is 4.74 Å². The van der Waals surface area contributed by atoms with Gasteiger partial charge in [0.1, 0.15) is 5.75 Å². The van der Waals surface area contributed by atoms with E-state index in [1.165, 1.54) is 0 Å². The molecule has 0 bridgehead atoms. The lowest BCUT2D eigenvalue weighted by molar-refractivity contribution is 0.148. The molecule has 120 valence electrons. The number of rotatable bonds is 5. The summed E-state index contributed by atoms with van der Waals surface area (Å²) in [6.07, 6.45) is 7.26. The monoisotopic (exact) mass is 304 g/mol. The molecule has 0 spiro atoms. The van der Waals surface area contributed by atoms with E-state index in [1.54, 1.807) is 19.1 Å². The smallest absolute Gasteiger partial charge is 0.318 e. The maximum absolute atomic E-state index is 12.4. The van der Waals surface area contributed by atoms with Gasteiger partial charge >= 0.3 is 6.03 Å². The minimum Gasteiger partial charge on any atom is -0.497 e. The Kier molecular flexibility index (Phi) is 5.83. The van der Waals surface area contributed by atoms with E-state index >= 15 is 0 Å². The predicted molar refractivity (Wildman–Crippen MR) is 85.9 cm³/mol. The van der Waals surface area contributed by atoms with E-state index in [0.717, 1.165) is 30.6 Å². The molecule has 0 aromatic heterocycles. The average molecular weight is 304 g/mol. The summed E-state index contributed by atoms with van der Waals surface area (Å²) in [6.45, 7) is -0.128. The van der Waals surface area contributed by atoms with Gasteiger partial charge < -0.3 is 20.1 Å². The van der Waals surface area contributed by atoms with Gasteiger partial charge in [0, 0.05) is 13.1 Å². The van der Waals surface area contributed by atoms with Crippen LogP contribution in [0.5, 0.6) is 5.75 Å². The zero-order chi connectivity index (χ0) is 15.9. The Morgan fingerprint density at radius 2 is 2.18 bits per heavy atom. The van der Waals surface area contributed by atoms with Crippen molar-refractivity contribution in [2.24, 2.45) is 0 Å². The van der Waals surface area contributed by atoms with E-state index in [9.17, 15) is 9.90 Å². The van der Waals surface area contributed by atoms with E-state index in [1.807, 2.05) is 30.3 Å². The molecule has 5 heteroatoms. The highest BCUT2D eigenvalue weighted by Crippen LogP contribution is 2.22. The molecule has 0 fully saturated rings. The van der Waals surface area contributed by atoms with E-state index < -0.39 is 0 Å². The minimum atomic E-state index is -0.376. The van der Waals surface area contributed by atoms with Crippen molar-refractivity contribution < 1.29 is 14.6 Å². The molecular weight excluding hydrogens is 280 g/mol. The molecule has 2 amide bonds. The van der Waals surface area contributed by atoms with Gasteiger partial charge in [-0.2, -0.15) is 0 Å². The van der Waals surface area contributed by atoms with E-state index in [0.29, 0.717) is 0 Å². The second-order valence-electron chi connectivity index (χ2n) is 5.50. The molecule has 0 saturated carbocycles. The summed E-state index contributed by atoms with van der Waals surface area (Å²) >= 11 is 0. The maximum Gasteiger partial charge on any atom is 0.318 e. The molecule has 0 radical (unpaired) electrons. The molecule has 2 N–H and O–H groups in total. The third-order valence-electron chi connectivity index (χ3n) is 4.02. The highest BCUT2D eigenvalue weighted by atomic mass is 16.5. The van der Waals surface area contributed by atoms with Crippen LogP contribution in [-0.2, 0) is 0 Å². The fourth-order valence-corrected chi connectivity index (χ4v) is 2.61. The zero-order valence-corrected chi connectivity index (χ0v) is 13.2. The summed E-state index contributed by atoms with van der Waals surface area (Å²) in [7, 11) is 3.31. The summed E-state index contributed by atoms with van der Waals surface area (Å²) < 4.78 is 5.13. The number of benzene rings is 1. The molecule has 0 unspecified atom stereocenters. The number of likely N-dealkylation sites (N-methyl/N-ethyl adjacent to an activating group) is 1. The average Bonchev–Trinajstić information content (AvgIpc) is 2.57. The number of carbonyl (C=O) groups is 1. The molecule has 0 aliphatic heterocycles. The van der Waals surface area contributed by atoms with Crippen molar-refractivity contribution in [3.05, 3.63) is 42.0 Å². The van der Waals surface area contributed by atoms with Crippen LogP contribution in [0.4, 0.5) is 4.79 Å². The van der Waals surface area contributed by atoms with Gasteiger partial charge in [0.25, 0.3) is 0 Å². The quantitative estimate of drug-likeness (QED) is 0.822. The highest BCUT2D eigenvalue weighted by molar-refractivity contribution is 5.75. The number of nitrogens with one attached hydrogen (secondary N) is 1. The number of hydrogen-bond acceptors (Lipinski definition) is 3. The van der Waals surface area contributed by atoms with Crippen LogP contribution in [0.3, 0.4) is 0 Å². The summed E-state index contributed by atoms with van der Waals surface area (Å²) in [6, 6.07) is 6.92. The molecule has 0 saturated heterocycles. The Morgan fingerprint density at radius 1 is 1.45 bits per heavy atom. The molecule has 1 aromatic rings. The van der Waals surface area contributed by atoms with Gasteiger partial charge in [0.2, 0.25) is 0 Å². The maximum atomic E-state index is 12.4. The van der Waals surface area contributed by atoms with Crippen LogP contribution in [0.25, 0.3) is 0 Å². The number of nitrogens with zero attached hydrogens (tertiary/aromatic N) is 1. The topological polar surface area (TPSA) is 61.8 Å². The van der Waals surface area contributed by atoms with Crippen molar-refractivity contribution in [3.63, 3.8) is 0 Å². The molecule has 0 heterocycles. The van der Waals surface area contributed by atoms with Crippen molar-refractivity contribution in [1.29, 1.82) is 0 Å². The Labute approximate surface area is 131 Å². The zero-order valence-electron chi connectivity index (χ0n) is 13.2. The van der Waals surface area contributed by atoms with Crippen LogP contribution in [-0.4, -0.2) is 42.8 Å². The Morgan fingerprint density at radius 3 is 2.73 bits per heavy atom. The normalized spacial score (nSPS) is 18.6. The first-order valence-electron chi connectivity index (χ1n) is 7.60. The minimum absolute atomic E-state index is 0.0823. The van der Waals surface area contributed by atoms with Crippen LogP contribution in [0, 0.1) is 0 Å². The number of ether oxygens (including phenoxy) is 1. The Balaban J connectivity index is 2.03. The first-order valence-corrected chi connectivity index (χ1v) is 7.60. The lowest BCUT2D eigenvalue weighted by Gasteiger charge is -2.29. The summed E-state index contributed by atoms with van der Waals surface area (Å²) in [5.41, 5.74) is 0.875. The number of aliphatic hydroxyl groups is 1. The third kappa shape index (κ3) is 4.01. The molecule has 5 nitrogen and oxygen atoms in total. The van der Waals surface area contributed by atoms with Crippen molar-refractivity contribution in [2.45, 2.75) is 31.3 Å². The second kappa shape index (κ2) is 7.84. The highest BCUT2D eigenvalue weighted by Gasteiger charge is 2.22. The van der Waals surface area contributed by atoms with Crippen LogP contribution >= 0.6 is 0 Å². The van der Waals surface area contributed by atoms with E-state index in [-0.39, 0.29) is 24.7 Å². The van der Waals surface area contributed by atoms with Crippen molar-refractivity contribution in [1.82, 2.24) is 10.2 Å². The molecule has 1 aliphatic carbocycles. The molecular formula is C17H24N2O3. The molecule has 1 aromatic carbocycles. The SMILES string of the molecule is COc1ccc([C@@H](CO)N(C)C(=O)N[C@@H]2C=CCCC2)cc1. The molecule has 2 atom stereocenters. The second-order valence-corrected chi connectivity index (χ2v) is 5.50. The van der Waals surface area contributed by atoms with Gasteiger partial charge in [-0.05, 0) is 37.0 Å². The summed E-state index contributed by atoms with van der Waals surface area (Å²) in [5.74, 6) is 0.750. The van der Waals surface area contributed by atoms with Gasteiger partial charge in [-0.3, -0.25) is 0 Å². The first kappa shape index (κ1) is 16.4. The lowest BCUT2D eigenvalue weighted by atomic mass is 10.0. The van der Waals surface area contributed by atoms with Crippen LogP contribution < -0.4 is 10.1 Å². The number of urea groups is 1. The van der Waals surface area contributed by atoms with Gasteiger partial charge in [-0.25, -0.2) is 4.79 Å². The van der Waals surface area contributed by atoms with Crippen molar-refractivity contribution >= 4 is 6.03 Å². The number of methoxy groups -OCH3 is 1. The van der Waals surface area contributed by atoms with Crippen molar-refractivity contribution in [3.8, 4) is 5.75 Å². The van der Waals surface area contributed by atoms with Crippen LogP contribution in [0.2, 0.25) is 0 Å². The Hall–Kier alpha value is -2.01. The largest absolute Gasteiger partial charge is 0.497 e. The van der Waals surface area contributed by atoms with Crippen LogP contribution in [0.1, 0.15) is 30.9 Å². The van der Waals surface area contributed by atoms with Gasteiger partial charge in [0.15, 0.2) is 0 Å². The number of aliphatic hydroxyl groups excluding tert-OH is 1. The molecule has 22 heavy (non-hydrogen) atoms. The Bertz CT molecular complexity index is 513. The fraction of sp³-hybridized carbons (Fsp3) is 0.471. The predicted octanol–water partition coefficient (Wildman–Crippen LogP) is 2.48. The van der Waals surface area contributed by atoms with Gasteiger partial charge in [0.05, 0.1) is 19.8 Å². The number of amides is 2. The van der Waals surface area contributed by atoms with Gasteiger partial charge in [-0.15, -0.1) is 0 Å². The standard InChI is InChI=1S/C17H24N2O3/c1-19(17(21)18-14-6-4-3-5-7-14)16(12-20)13-8-10-15(22-2)11-9-13/h4,6,8-11,14,16,20H,3,5,7,12H2,1-2H3,(H,18,21)/t14-,16-/m1/s1. The van der Waals surface area contributed by atoms with E-state index in [2.05, 4.69) is 11.4 Å². The summed E-state index contributed by atoms with van der Waals surface area (Å²) in [5, 5.41) is 12.7. The molecule has 1 aliphatic rings. The number of hydrogen-bond donors (Lipinski definition) is 2. The van der Waals surface area contributed by atoms with Crippen molar-refractivity contribution in [2.75, 3.05) is 20.8 Å². The number of carbonyl (C=O) groups excluding carboxylic acids is 1. The van der Waals surface area contributed by atoms with Crippen LogP contribution in [0.15, 0.2) is 36.4 Å². The third-order valence-corrected chi connectivity index (χ3v) is 4.02. The molecule has 2 rings (SSSR count). The first-order chi connectivity index (χ1) is 10.7. The summed E-state index contributed by atoms with van der Waals surface area (Å²) in [4.78, 5) is 13.9. The van der Waals surface area contributed by atoms with Gasteiger partial charge in [-0.1, -0.05) is 24.3 Å². The number of allylic oxidation sites excluding steroid dienone is 1. The fourth-order valence-electron chi connectivity index (χ4n) is 2.61. The lowest BCUT2D eigenvalue weighted by Crippen LogP contribution is -2.45.